The molecule has 0 bridgehead atoms. The highest BCUT2D eigenvalue weighted by Crippen LogP contribution is 2.40. The van der Waals surface area contributed by atoms with Gasteiger partial charge < -0.3 is 20.3 Å². The Kier molecular flexibility index (Phi) is 5.38. The first-order valence-electron chi connectivity index (χ1n) is 9.08. The Morgan fingerprint density at radius 3 is 2.54 bits per heavy atom. The zero-order valence-electron chi connectivity index (χ0n) is 15.3. The summed E-state index contributed by atoms with van der Waals surface area (Å²) in [5.74, 6) is -2.73. The maximum atomic E-state index is 15.5. The summed E-state index contributed by atoms with van der Waals surface area (Å²) < 4.78 is 31.8. The van der Waals surface area contributed by atoms with E-state index in [0.29, 0.717) is 19.6 Å². The molecule has 9 heteroatoms. The fraction of sp³-hybridized carbons (Fsp3) is 0.474. The Hall–Kier alpha value is -2.19. The smallest absolute Gasteiger partial charge is 0.341 e. The number of fused-ring (bicyclic) bond motifs is 1. The summed E-state index contributed by atoms with van der Waals surface area (Å²) in [6, 6.07) is 0.898. The van der Waals surface area contributed by atoms with Crippen LogP contribution in [-0.2, 0) is 0 Å². The SMILES string of the molecule is C[C@H]1CN(c2c(F)cc3c(=O)c(C(=O)O)cn(C4CC4)c3c2F)C[C@H]1CN.Cl. The predicted molar refractivity (Wildman–Crippen MR) is 105 cm³/mol. The lowest BCUT2D eigenvalue weighted by molar-refractivity contribution is 0.0695. The molecular formula is C19H22ClF2N3O3. The number of carbonyl (C=O) groups is 1. The Morgan fingerprint density at radius 2 is 2.00 bits per heavy atom. The van der Waals surface area contributed by atoms with Gasteiger partial charge in [0, 0.05) is 25.3 Å². The molecule has 2 aromatic rings. The topological polar surface area (TPSA) is 88.6 Å². The van der Waals surface area contributed by atoms with Gasteiger partial charge in [-0.3, -0.25) is 4.79 Å². The number of halogens is 3. The number of hydrogen-bond donors (Lipinski definition) is 2. The minimum atomic E-state index is -1.40. The Morgan fingerprint density at radius 1 is 1.32 bits per heavy atom. The highest BCUT2D eigenvalue weighted by Gasteiger charge is 2.34. The van der Waals surface area contributed by atoms with Gasteiger partial charge in [0.15, 0.2) is 5.82 Å². The molecule has 1 aliphatic heterocycles. The molecule has 1 saturated carbocycles. The molecule has 1 aromatic carbocycles. The quantitative estimate of drug-likeness (QED) is 0.804. The van der Waals surface area contributed by atoms with Crippen molar-refractivity contribution in [2.45, 2.75) is 25.8 Å². The molecule has 1 saturated heterocycles. The summed E-state index contributed by atoms with van der Waals surface area (Å²) in [6.45, 7) is 3.34. The number of nitrogens with zero attached hydrogens (tertiary/aromatic N) is 2. The zero-order chi connectivity index (χ0) is 19.5. The van der Waals surface area contributed by atoms with E-state index in [4.69, 9.17) is 5.73 Å². The molecule has 2 fully saturated rings. The Labute approximate surface area is 166 Å². The zero-order valence-corrected chi connectivity index (χ0v) is 16.1. The Balaban J connectivity index is 0.00000225. The molecule has 1 aliphatic carbocycles. The third-order valence-electron chi connectivity index (χ3n) is 5.74. The fourth-order valence-corrected chi connectivity index (χ4v) is 4.04. The Bertz CT molecular complexity index is 1010. The molecule has 0 unspecified atom stereocenters. The van der Waals surface area contributed by atoms with Crippen LogP contribution in [0.5, 0.6) is 0 Å². The lowest BCUT2D eigenvalue weighted by Gasteiger charge is -2.22. The second-order valence-corrected chi connectivity index (χ2v) is 7.61. The second-order valence-electron chi connectivity index (χ2n) is 7.61. The molecule has 4 rings (SSSR count). The lowest BCUT2D eigenvalue weighted by Crippen LogP contribution is -2.26. The first-order valence-corrected chi connectivity index (χ1v) is 9.08. The molecule has 28 heavy (non-hydrogen) atoms. The van der Waals surface area contributed by atoms with Gasteiger partial charge in [-0.2, -0.15) is 0 Å². The van der Waals surface area contributed by atoms with Crippen LogP contribution in [0.15, 0.2) is 17.1 Å². The van der Waals surface area contributed by atoms with Crippen LogP contribution in [0.2, 0.25) is 0 Å². The number of carboxylic acid groups (broad SMARTS) is 1. The summed E-state index contributed by atoms with van der Waals surface area (Å²) >= 11 is 0. The molecule has 0 spiro atoms. The number of pyridine rings is 1. The molecular weight excluding hydrogens is 392 g/mol. The molecule has 1 aromatic heterocycles. The minimum absolute atomic E-state index is 0. The molecule has 2 atom stereocenters. The van der Waals surface area contributed by atoms with Crippen molar-refractivity contribution in [1.82, 2.24) is 4.57 Å². The highest BCUT2D eigenvalue weighted by atomic mass is 35.5. The largest absolute Gasteiger partial charge is 0.477 e. The number of benzene rings is 1. The summed E-state index contributed by atoms with van der Waals surface area (Å²) in [4.78, 5) is 25.5. The number of anilines is 1. The van der Waals surface area contributed by atoms with Crippen LogP contribution in [-0.4, -0.2) is 35.3 Å². The van der Waals surface area contributed by atoms with Crippen molar-refractivity contribution in [2.24, 2.45) is 17.6 Å². The van der Waals surface area contributed by atoms with Crippen molar-refractivity contribution in [3.8, 4) is 0 Å². The van der Waals surface area contributed by atoms with E-state index >= 15 is 4.39 Å². The van der Waals surface area contributed by atoms with Crippen molar-refractivity contribution in [3.63, 3.8) is 0 Å². The second kappa shape index (κ2) is 7.33. The van der Waals surface area contributed by atoms with Crippen LogP contribution < -0.4 is 16.1 Å². The predicted octanol–water partition coefficient (Wildman–Crippen LogP) is 2.77. The standard InChI is InChI=1S/C19H21F2N3O3.ClH/c1-9-6-23(7-10(9)5-22)17-14(20)4-12-16(15(17)21)24(11-2-3-11)8-13(18(12)25)19(26)27;/h4,8-11H,2-3,5-7,22H2,1H3,(H,26,27);1H/t9-,10+;/m0./s1. The van der Waals surface area contributed by atoms with Gasteiger partial charge in [0.05, 0.1) is 10.9 Å². The van der Waals surface area contributed by atoms with E-state index in [-0.39, 0.29) is 46.9 Å². The number of nitrogens with two attached hydrogens (primary N) is 1. The van der Waals surface area contributed by atoms with Crippen LogP contribution in [0.1, 0.15) is 36.2 Å². The van der Waals surface area contributed by atoms with Gasteiger partial charge >= 0.3 is 5.97 Å². The monoisotopic (exact) mass is 413 g/mol. The number of aromatic nitrogens is 1. The number of aromatic carboxylic acids is 1. The third-order valence-corrected chi connectivity index (χ3v) is 5.74. The van der Waals surface area contributed by atoms with Crippen molar-refractivity contribution < 1.29 is 18.7 Å². The van der Waals surface area contributed by atoms with Gasteiger partial charge in [-0.15, -0.1) is 12.4 Å². The molecule has 6 nitrogen and oxygen atoms in total. The van der Waals surface area contributed by atoms with Crippen LogP contribution in [0, 0.1) is 23.5 Å². The van der Waals surface area contributed by atoms with Crippen molar-refractivity contribution in [2.75, 3.05) is 24.5 Å². The van der Waals surface area contributed by atoms with Crippen LogP contribution in [0.4, 0.5) is 14.5 Å². The van der Waals surface area contributed by atoms with E-state index in [2.05, 4.69) is 0 Å². The lowest BCUT2D eigenvalue weighted by atomic mass is 9.99. The number of rotatable bonds is 4. The summed E-state index contributed by atoms with van der Waals surface area (Å²) in [5.41, 5.74) is 4.23. The van der Waals surface area contributed by atoms with Crippen molar-refractivity contribution in [1.29, 1.82) is 0 Å². The number of hydrogen-bond acceptors (Lipinski definition) is 4. The van der Waals surface area contributed by atoms with E-state index in [0.717, 1.165) is 18.9 Å². The summed E-state index contributed by atoms with van der Waals surface area (Å²) in [7, 11) is 0. The normalized spacial score (nSPS) is 21.8. The van der Waals surface area contributed by atoms with Crippen LogP contribution >= 0.6 is 12.4 Å². The first-order chi connectivity index (χ1) is 12.8. The van der Waals surface area contributed by atoms with Gasteiger partial charge in [0.25, 0.3) is 0 Å². The molecule has 2 heterocycles. The van der Waals surface area contributed by atoms with Crippen LogP contribution in [0.25, 0.3) is 10.9 Å². The molecule has 2 aliphatic rings. The molecule has 152 valence electrons. The minimum Gasteiger partial charge on any atom is -0.477 e. The molecule has 3 N–H and O–H groups in total. The maximum absolute atomic E-state index is 15.5. The van der Waals surface area contributed by atoms with E-state index in [1.165, 1.54) is 10.8 Å². The number of carboxylic acids is 1. The van der Waals surface area contributed by atoms with E-state index in [9.17, 15) is 19.1 Å². The third kappa shape index (κ3) is 3.14. The van der Waals surface area contributed by atoms with Gasteiger partial charge in [0.1, 0.15) is 17.1 Å². The average molecular weight is 414 g/mol. The van der Waals surface area contributed by atoms with E-state index < -0.39 is 28.6 Å². The highest BCUT2D eigenvalue weighted by molar-refractivity contribution is 5.94. The average Bonchev–Trinajstić information content (AvgIpc) is 3.38. The van der Waals surface area contributed by atoms with Crippen LogP contribution in [0.3, 0.4) is 0 Å². The van der Waals surface area contributed by atoms with Gasteiger partial charge in [-0.25, -0.2) is 13.6 Å². The van der Waals surface area contributed by atoms with Crippen molar-refractivity contribution in [3.05, 3.63) is 39.7 Å². The van der Waals surface area contributed by atoms with E-state index in [1.54, 1.807) is 4.90 Å². The van der Waals surface area contributed by atoms with E-state index in [1.807, 2.05) is 6.92 Å². The van der Waals surface area contributed by atoms with Gasteiger partial charge in [-0.1, -0.05) is 6.92 Å². The fourth-order valence-electron chi connectivity index (χ4n) is 4.04. The summed E-state index contributed by atoms with van der Waals surface area (Å²) in [5, 5.41) is 9.05. The van der Waals surface area contributed by atoms with Gasteiger partial charge in [0.2, 0.25) is 5.43 Å². The van der Waals surface area contributed by atoms with Crippen molar-refractivity contribution >= 4 is 35.0 Å². The summed E-state index contributed by atoms with van der Waals surface area (Å²) in [6.07, 6.45) is 2.71. The molecule has 0 amide bonds. The molecule has 0 radical (unpaired) electrons. The maximum Gasteiger partial charge on any atom is 0.341 e. The first kappa shape index (κ1) is 20.5. The van der Waals surface area contributed by atoms with Gasteiger partial charge in [-0.05, 0) is 37.3 Å².